The van der Waals surface area contributed by atoms with Gasteiger partial charge in [0, 0.05) is 19.3 Å². The summed E-state index contributed by atoms with van der Waals surface area (Å²) in [6, 6.07) is 8.34. The minimum Gasteiger partial charge on any atom is -0.453 e. The summed E-state index contributed by atoms with van der Waals surface area (Å²) >= 11 is 0. The van der Waals surface area contributed by atoms with Gasteiger partial charge < -0.3 is 15.4 Å². The van der Waals surface area contributed by atoms with Crippen LogP contribution < -0.4 is 15.4 Å². The van der Waals surface area contributed by atoms with Crippen molar-refractivity contribution < 1.29 is 9.13 Å². The highest BCUT2D eigenvalue weighted by Crippen LogP contribution is 2.24. The summed E-state index contributed by atoms with van der Waals surface area (Å²) in [5.41, 5.74) is 0.776. The molecule has 6 heteroatoms. The maximum absolute atomic E-state index is 14.2. The van der Waals surface area contributed by atoms with Gasteiger partial charge in [0.25, 0.3) is 0 Å². The van der Waals surface area contributed by atoms with E-state index < -0.39 is 5.82 Å². The second kappa shape index (κ2) is 9.61. The number of benzene rings is 1. The molecule has 0 radical (unpaired) electrons. The van der Waals surface area contributed by atoms with E-state index >= 15 is 0 Å². The van der Waals surface area contributed by atoms with E-state index in [1.165, 1.54) is 6.07 Å². The number of rotatable bonds is 7. The maximum atomic E-state index is 14.2. The number of ether oxygens (including phenoxy) is 1. The summed E-state index contributed by atoms with van der Waals surface area (Å²) < 4.78 is 19.7. The van der Waals surface area contributed by atoms with Crippen molar-refractivity contribution >= 4 is 5.96 Å². The van der Waals surface area contributed by atoms with Crippen LogP contribution in [-0.2, 0) is 6.54 Å². The lowest BCUT2D eigenvalue weighted by atomic mass is 10.2. The fraction of sp³-hybridized carbons (Fsp3) is 0.368. The lowest BCUT2D eigenvalue weighted by Crippen LogP contribution is -2.39. The van der Waals surface area contributed by atoms with Gasteiger partial charge in [-0.15, -0.1) is 0 Å². The predicted octanol–water partition coefficient (Wildman–Crippen LogP) is 3.72. The van der Waals surface area contributed by atoms with Crippen LogP contribution in [-0.4, -0.2) is 24.0 Å². The number of pyridine rings is 1. The Morgan fingerprint density at radius 3 is 2.76 bits per heavy atom. The lowest BCUT2D eigenvalue weighted by molar-refractivity contribution is 0.440. The van der Waals surface area contributed by atoms with Crippen LogP contribution >= 0.6 is 0 Å². The Balaban J connectivity index is 2.02. The van der Waals surface area contributed by atoms with Crippen molar-refractivity contribution in [1.82, 2.24) is 15.6 Å². The van der Waals surface area contributed by atoms with Crippen molar-refractivity contribution in [2.75, 3.05) is 13.1 Å². The zero-order chi connectivity index (χ0) is 18.1. The average Bonchev–Trinajstić information content (AvgIpc) is 2.60. The first kappa shape index (κ1) is 18.7. The molecule has 134 valence electrons. The van der Waals surface area contributed by atoms with Crippen molar-refractivity contribution in [3.8, 4) is 11.5 Å². The third kappa shape index (κ3) is 6.41. The smallest absolute Gasteiger partial charge is 0.191 e. The number of nitrogens with one attached hydrogen (secondary N) is 2. The molecule has 0 aliphatic carbocycles. The minimum atomic E-state index is -0.420. The maximum Gasteiger partial charge on any atom is 0.191 e. The van der Waals surface area contributed by atoms with Gasteiger partial charge >= 0.3 is 0 Å². The molecule has 2 rings (SSSR count). The van der Waals surface area contributed by atoms with E-state index in [-0.39, 0.29) is 5.75 Å². The molecule has 1 aromatic carbocycles. The van der Waals surface area contributed by atoms with Gasteiger partial charge in [-0.25, -0.2) is 9.38 Å². The zero-order valence-corrected chi connectivity index (χ0v) is 14.9. The third-order valence-electron chi connectivity index (χ3n) is 3.30. The van der Waals surface area contributed by atoms with E-state index in [1.54, 1.807) is 30.6 Å². The van der Waals surface area contributed by atoms with Crippen LogP contribution in [0.15, 0.2) is 47.7 Å². The topological polar surface area (TPSA) is 58.5 Å². The van der Waals surface area contributed by atoms with Crippen molar-refractivity contribution in [2.24, 2.45) is 10.9 Å². The molecule has 0 aliphatic heterocycles. The normalized spacial score (nSPS) is 11.5. The van der Waals surface area contributed by atoms with Gasteiger partial charge in [0.15, 0.2) is 17.5 Å². The van der Waals surface area contributed by atoms with Crippen LogP contribution in [0.4, 0.5) is 4.39 Å². The molecule has 5 nitrogen and oxygen atoms in total. The Kier molecular flexibility index (Phi) is 7.19. The number of nitrogens with zero attached hydrogens (tertiary/aromatic N) is 2. The number of guanidine groups is 1. The molecule has 0 atom stereocenters. The molecule has 0 spiro atoms. The summed E-state index contributed by atoms with van der Waals surface area (Å²) in [5.74, 6) is 1.50. The number of hydrogen-bond donors (Lipinski definition) is 2. The monoisotopic (exact) mass is 344 g/mol. The Morgan fingerprint density at radius 1 is 1.28 bits per heavy atom. The van der Waals surface area contributed by atoms with Gasteiger partial charge in [0.1, 0.15) is 5.75 Å². The van der Waals surface area contributed by atoms with Crippen LogP contribution in [0.5, 0.6) is 11.5 Å². The van der Waals surface area contributed by atoms with Crippen molar-refractivity contribution in [3.05, 3.63) is 54.1 Å². The van der Waals surface area contributed by atoms with Crippen LogP contribution in [0.3, 0.4) is 0 Å². The third-order valence-corrected chi connectivity index (χ3v) is 3.30. The molecule has 2 aromatic rings. The number of aliphatic imine (C=N–C) groups is 1. The molecule has 0 unspecified atom stereocenters. The highest BCUT2D eigenvalue weighted by molar-refractivity contribution is 5.79. The molecule has 1 aromatic heterocycles. The highest BCUT2D eigenvalue weighted by Gasteiger charge is 2.07. The van der Waals surface area contributed by atoms with Crippen LogP contribution in [0.25, 0.3) is 0 Å². The Bertz CT molecular complexity index is 689. The molecule has 0 fully saturated rings. The molecule has 1 heterocycles. The van der Waals surface area contributed by atoms with Crippen molar-refractivity contribution in [3.63, 3.8) is 0 Å². The Labute approximate surface area is 148 Å². The number of hydrogen-bond acceptors (Lipinski definition) is 3. The van der Waals surface area contributed by atoms with Crippen LogP contribution in [0.2, 0.25) is 0 Å². The summed E-state index contributed by atoms with van der Waals surface area (Å²) in [5, 5.41) is 6.44. The lowest BCUT2D eigenvalue weighted by Gasteiger charge is -2.13. The zero-order valence-electron chi connectivity index (χ0n) is 14.9. The molecule has 25 heavy (non-hydrogen) atoms. The first-order chi connectivity index (χ1) is 12.1. The SMILES string of the molecule is CCNC(=NCc1ccc(Oc2cccnc2)c(F)c1)NCC(C)C. The summed E-state index contributed by atoms with van der Waals surface area (Å²) in [4.78, 5) is 8.43. The predicted molar refractivity (Wildman–Crippen MR) is 98.4 cm³/mol. The molecule has 0 amide bonds. The van der Waals surface area contributed by atoms with Crippen molar-refractivity contribution in [2.45, 2.75) is 27.3 Å². The van der Waals surface area contributed by atoms with Crippen LogP contribution in [0.1, 0.15) is 26.3 Å². The van der Waals surface area contributed by atoms with Gasteiger partial charge in [-0.1, -0.05) is 19.9 Å². The van der Waals surface area contributed by atoms with Gasteiger partial charge in [-0.3, -0.25) is 4.98 Å². The van der Waals surface area contributed by atoms with Crippen molar-refractivity contribution in [1.29, 1.82) is 0 Å². The molecule has 0 saturated heterocycles. The largest absolute Gasteiger partial charge is 0.453 e. The van der Waals surface area contributed by atoms with Gasteiger partial charge in [-0.2, -0.15) is 0 Å². The second-order valence-corrected chi connectivity index (χ2v) is 6.03. The second-order valence-electron chi connectivity index (χ2n) is 6.03. The average molecular weight is 344 g/mol. The van der Waals surface area contributed by atoms with E-state index in [0.29, 0.717) is 18.2 Å². The summed E-state index contributed by atoms with van der Waals surface area (Å²) in [7, 11) is 0. The fourth-order valence-corrected chi connectivity index (χ4v) is 2.07. The van der Waals surface area contributed by atoms with E-state index in [9.17, 15) is 4.39 Å². The molecule has 0 bridgehead atoms. The van der Waals surface area contributed by atoms with E-state index in [2.05, 4.69) is 34.5 Å². The van der Waals surface area contributed by atoms with E-state index in [1.807, 2.05) is 13.0 Å². The van der Waals surface area contributed by atoms with Crippen LogP contribution in [0, 0.1) is 11.7 Å². The fourth-order valence-electron chi connectivity index (χ4n) is 2.07. The molecule has 2 N–H and O–H groups in total. The van der Waals surface area contributed by atoms with E-state index in [0.717, 1.165) is 24.6 Å². The quantitative estimate of drug-likeness (QED) is 0.594. The van der Waals surface area contributed by atoms with Gasteiger partial charge in [-0.05, 0) is 42.7 Å². The Hall–Kier alpha value is -2.63. The molecular formula is C19H25FN4O. The standard InChI is InChI=1S/C19H25FN4O/c1-4-22-19(23-11-14(2)3)24-12-15-7-8-18(17(20)10-15)25-16-6-5-9-21-13-16/h5-10,13-14H,4,11-12H2,1-3H3,(H2,22,23,24). The minimum absolute atomic E-state index is 0.172. The molecule has 0 saturated carbocycles. The van der Waals surface area contributed by atoms with Gasteiger partial charge in [0.05, 0.1) is 12.7 Å². The number of aromatic nitrogens is 1. The summed E-state index contributed by atoms with van der Waals surface area (Å²) in [6.45, 7) is 8.27. The van der Waals surface area contributed by atoms with E-state index in [4.69, 9.17) is 4.74 Å². The Morgan fingerprint density at radius 2 is 2.12 bits per heavy atom. The van der Waals surface area contributed by atoms with Gasteiger partial charge in [0.2, 0.25) is 0 Å². The first-order valence-corrected chi connectivity index (χ1v) is 8.47. The first-order valence-electron chi connectivity index (χ1n) is 8.47. The highest BCUT2D eigenvalue weighted by atomic mass is 19.1. The summed E-state index contributed by atoms with van der Waals surface area (Å²) in [6.07, 6.45) is 3.18. The molecule has 0 aliphatic rings. The number of halogens is 1. The molecular weight excluding hydrogens is 319 g/mol.